The summed E-state index contributed by atoms with van der Waals surface area (Å²) in [6.07, 6.45) is 1.12. The number of likely N-dealkylation sites (tertiary alicyclic amines) is 1. The Morgan fingerprint density at radius 1 is 1.42 bits per heavy atom. The van der Waals surface area contributed by atoms with Crippen molar-refractivity contribution in [3.05, 3.63) is 0 Å². The third kappa shape index (κ3) is 3.09. The van der Waals surface area contributed by atoms with Crippen molar-refractivity contribution in [3.63, 3.8) is 0 Å². The minimum atomic E-state index is 0.746. The predicted molar refractivity (Wildman–Crippen MR) is 50.1 cm³/mol. The zero-order valence-corrected chi connectivity index (χ0v) is 7.96. The molecule has 0 aromatic carbocycles. The van der Waals surface area contributed by atoms with Crippen molar-refractivity contribution in [1.29, 1.82) is 0 Å². The Balaban J connectivity index is 1.83. The van der Waals surface area contributed by atoms with Gasteiger partial charge in [-0.15, -0.1) is 0 Å². The fourth-order valence-electron chi connectivity index (χ4n) is 1.45. The first-order valence-corrected chi connectivity index (χ1v) is 4.87. The van der Waals surface area contributed by atoms with Gasteiger partial charge in [0.15, 0.2) is 0 Å². The SMILES string of the molecule is CCCOCCN1CC(CN)C1. The van der Waals surface area contributed by atoms with Crippen molar-refractivity contribution in [3.8, 4) is 0 Å². The van der Waals surface area contributed by atoms with Crippen LogP contribution in [-0.2, 0) is 4.74 Å². The van der Waals surface area contributed by atoms with Crippen molar-refractivity contribution in [2.45, 2.75) is 13.3 Å². The average molecular weight is 172 g/mol. The van der Waals surface area contributed by atoms with Crippen molar-refractivity contribution in [2.24, 2.45) is 11.7 Å². The smallest absolute Gasteiger partial charge is 0.0593 e. The summed E-state index contributed by atoms with van der Waals surface area (Å²) in [5.41, 5.74) is 5.51. The van der Waals surface area contributed by atoms with Crippen molar-refractivity contribution < 1.29 is 4.74 Å². The van der Waals surface area contributed by atoms with E-state index < -0.39 is 0 Å². The summed E-state index contributed by atoms with van der Waals surface area (Å²) >= 11 is 0. The van der Waals surface area contributed by atoms with Gasteiger partial charge in [-0.1, -0.05) is 6.92 Å². The third-order valence-corrected chi connectivity index (χ3v) is 2.27. The van der Waals surface area contributed by atoms with Crippen LogP contribution in [0.5, 0.6) is 0 Å². The lowest BCUT2D eigenvalue weighted by Gasteiger charge is -2.38. The van der Waals surface area contributed by atoms with Gasteiger partial charge in [0.25, 0.3) is 0 Å². The van der Waals surface area contributed by atoms with Crippen LogP contribution in [0.1, 0.15) is 13.3 Å². The third-order valence-electron chi connectivity index (χ3n) is 2.27. The molecule has 72 valence electrons. The molecule has 0 atom stereocenters. The molecular weight excluding hydrogens is 152 g/mol. The molecule has 1 aliphatic rings. The van der Waals surface area contributed by atoms with E-state index >= 15 is 0 Å². The molecule has 1 rings (SSSR count). The van der Waals surface area contributed by atoms with E-state index in [0.717, 1.165) is 38.6 Å². The largest absolute Gasteiger partial charge is 0.380 e. The summed E-state index contributed by atoms with van der Waals surface area (Å²) in [5, 5.41) is 0. The highest BCUT2D eigenvalue weighted by atomic mass is 16.5. The molecule has 3 nitrogen and oxygen atoms in total. The van der Waals surface area contributed by atoms with Gasteiger partial charge < -0.3 is 15.4 Å². The van der Waals surface area contributed by atoms with Crippen LogP contribution < -0.4 is 5.73 Å². The van der Waals surface area contributed by atoms with Gasteiger partial charge >= 0.3 is 0 Å². The van der Waals surface area contributed by atoms with E-state index in [0.29, 0.717) is 0 Å². The Labute approximate surface area is 74.9 Å². The van der Waals surface area contributed by atoms with Crippen LogP contribution in [0, 0.1) is 5.92 Å². The Hall–Kier alpha value is -0.120. The van der Waals surface area contributed by atoms with Gasteiger partial charge in [0.2, 0.25) is 0 Å². The number of hydrogen-bond donors (Lipinski definition) is 1. The molecule has 1 heterocycles. The van der Waals surface area contributed by atoms with Gasteiger partial charge in [0, 0.05) is 26.2 Å². The number of ether oxygens (including phenoxy) is 1. The molecule has 0 amide bonds. The molecule has 0 aromatic rings. The van der Waals surface area contributed by atoms with Gasteiger partial charge in [0.1, 0.15) is 0 Å². The summed E-state index contributed by atoms with van der Waals surface area (Å²) in [7, 11) is 0. The maximum atomic E-state index is 5.51. The first-order valence-electron chi connectivity index (χ1n) is 4.87. The molecule has 1 fully saturated rings. The number of hydrogen-bond acceptors (Lipinski definition) is 3. The molecule has 0 aromatic heterocycles. The van der Waals surface area contributed by atoms with Crippen LogP contribution in [0.15, 0.2) is 0 Å². The van der Waals surface area contributed by atoms with Crippen LogP contribution in [0.25, 0.3) is 0 Å². The van der Waals surface area contributed by atoms with E-state index in [1.165, 1.54) is 13.1 Å². The standard InChI is InChI=1S/C9H20N2O/c1-2-4-12-5-3-11-7-9(6-10)8-11/h9H,2-8,10H2,1H3. The van der Waals surface area contributed by atoms with Crippen LogP contribution in [-0.4, -0.2) is 44.3 Å². The Morgan fingerprint density at radius 3 is 2.75 bits per heavy atom. The number of nitrogens with zero attached hydrogens (tertiary/aromatic N) is 1. The molecule has 2 N–H and O–H groups in total. The average Bonchev–Trinajstić information content (AvgIpc) is 2.01. The van der Waals surface area contributed by atoms with Crippen molar-refractivity contribution >= 4 is 0 Å². The van der Waals surface area contributed by atoms with Crippen LogP contribution in [0.2, 0.25) is 0 Å². The number of rotatable bonds is 6. The van der Waals surface area contributed by atoms with E-state index in [1.807, 2.05) is 0 Å². The zero-order chi connectivity index (χ0) is 8.81. The molecule has 0 unspecified atom stereocenters. The monoisotopic (exact) mass is 172 g/mol. The van der Waals surface area contributed by atoms with Crippen LogP contribution in [0.3, 0.4) is 0 Å². The predicted octanol–water partition coefficient (Wildman–Crippen LogP) is 0.304. The van der Waals surface area contributed by atoms with E-state index in [1.54, 1.807) is 0 Å². The maximum Gasteiger partial charge on any atom is 0.0593 e. The van der Waals surface area contributed by atoms with Gasteiger partial charge in [-0.05, 0) is 18.9 Å². The first kappa shape index (κ1) is 9.96. The van der Waals surface area contributed by atoms with Crippen molar-refractivity contribution in [1.82, 2.24) is 4.90 Å². The fourth-order valence-corrected chi connectivity index (χ4v) is 1.45. The summed E-state index contributed by atoms with van der Waals surface area (Å²) < 4.78 is 5.39. The lowest BCUT2D eigenvalue weighted by molar-refractivity contribution is 0.0514. The topological polar surface area (TPSA) is 38.5 Å². The normalized spacial score (nSPS) is 19.5. The molecule has 0 bridgehead atoms. The molecular formula is C9H20N2O. The first-order chi connectivity index (χ1) is 5.86. The Kier molecular flexibility index (Phi) is 4.58. The summed E-state index contributed by atoms with van der Waals surface area (Å²) in [4.78, 5) is 2.40. The molecule has 0 aliphatic carbocycles. The molecule has 12 heavy (non-hydrogen) atoms. The fraction of sp³-hybridized carbons (Fsp3) is 1.00. The maximum absolute atomic E-state index is 5.51. The summed E-state index contributed by atoms with van der Waals surface area (Å²) in [6.45, 7) is 8.17. The second-order valence-electron chi connectivity index (χ2n) is 3.47. The highest BCUT2D eigenvalue weighted by Crippen LogP contribution is 2.12. The lowest BCUT2D eigenvalue weighted by Crippen LogP contribution is -2.50. The minimum absolute atomic E-state index is 0.746. The molecule has 0 spiro atoms. The molecule has 1 aliphatic heterocycles. The lowest BCUT2D eigenvalue weighted by atomic mass is 10.0. The molecule has 0 saturated carbocycles. The van der Waals surface area contributed by atoms with E-state index in [9.17, 15) is 0 Å². The second-order valence-corrected chi connectivity index (χ2v) is 3.47. The number of nitrogens with two attached hydrogens (primary N) is 1. The van der Waals surface area contributed by atoms with Gasteiger partial charge in [-0.2, -0.15) is 0 Å². The van der Waals surface area contributed by atoms with Gasteiger partial charge in [0.05, 0.1) is 6.61 Å². The van der Waals surface area contributed by atoms with Crippen molar-refractivity contribution in [2.75, 3.05) is 39.4 Å². The quantitative estimate of drug-likeness (QED) is 0.586. The summed E-state index contributed by atoms with van der Waals surface area (Å²) in [5.74, 6) is 0.746. The van der Waals surface area contributed by atoms with Crippen LogP contribution >= 0.6 is 0 Å². The van der Waals surface area contributed by atoms with E-state index in [4.69, 9.17) is 10.5 Å². The van der Waals surface area contributed by atoms with E-state index in [2.05, 4.69) is 11.8 Å². The highest BCUT2D eigenvalue weighted by molar-refractivity contribution is 4.79. The Bertz CT molecular complexity index is 113. The van der Waals surface area contributed by atoms with Gasteiger partial charge in [-0.25, -0.2) is 0 Å². The van der Waals surface area contributed by atoms with Gasteiger partial charge in [-0.3, -0.25) is 0 Å². The highest BCUT2D eigenvalue weighted by Gasteiger charge is 2.24. The van der Waals surface area contributed by atoms with E-state index in [-0.39, 0.29) is 0 Å². The second kappa shape index (κ2) is 5.51. The van der Waals surface area contributed by atoms with Crippen LogP contribution in [0.4, 0.5) is 0 Å². The molecule has 1 saturated heterocycles. The minimum Gasteiger partial charge on any atom is -0.380 e. The molecule has 3 heteroatoms. The molecule has 0 radical (unpaired) electrons. The Morgan fingerprint density at radius 2 is 2.17 bits per heavy atom. The summed E-state index contributed by atoms with van der Waals surface area (Å²) in [6, 6.07) is 0. The zero-order valence-electron chi connectivity index (χ0n) is 7.96.